The van der Waals surface area contributed by atoms with E-state index in [1.54, 1.807) is 11.3 Å². The molecule has 0 saturated carbocycles. The fourth-order valence-electron chi connectivity index (χ4n) is 2.35. The van der Waals surface area contributed by atoms with Crippen molar-refractivity contribution < 1.29 is 0 Å². The summed E-state index contributed by atoms with van der Waals surface area (Å²) < 4.78 is 1.92. The second kappa shape index (κ2) is 4.55. The number of hydrogen-bond donors (Lipinski definition) is 1. The number of nitrogens with one attached hydrogen (secondary N) is 1. The summed E-state index contributed by atoms with van der Waals surface area (Å²) in [4.78, 5) is 1.35. The average Bonchev–Trinajstić information content (AvgIpc) is 2.99. The molecule has 92 valence electrons. The Hall–Kier alpha value is -1.65. The SMILES string of the molecule is CNC(c1ccsc1C)c1cnn2ccccc12. The number of thiophene rings is 1. The van der Waals surface area contributed by atoms with Gasteiger partial charge in [-0.1, -0.05) is 6.07 Å². The van der Waals surface area contributed by atoms with Gasteiger partial charge in [-0.05, 0) is 43.1 Å². The first-order chi connectivity index (χ1) is 8.81. The molecule has 18 heavy (non-hydrogen) atoms. The Balaban J connectivity index is 2.15. The number of hydrogen-bond acceptors (Lipinski definition) is 3. The Bertz CT molecular complexity index is 668. The van der Waals surface area contributed by atoms with Crippen LogP contribution >= 0.6 is 11.3 Å². The predicted octanol–water partition coefficient (Wildman–Crippen LogP) is 3.01. The van der Waals surface area contributed by atoms with Crippen LogP contribution in [0.3, 0.4) is 0 Å². The summed E-state index contributed by atoms with van der Waals surface area (Å²) in [5.41, 5.74) is 3.71. The molecule has 0 aliphatic heterocycles. The summed E-state index contributed by atoms with van der Waals surface area (Å²) in [5.74, 6) is 0. The maximum atomic E-state index is 4.41. The smallest absolute Gasteiger partial charge is 0.0712 e. The van der Waals surface area contributed by atoms with E-state index in [-0.39, 0.29) is 6.04 Å². The minimum atomic E-state index is 0.205. The van der Waals surface area contributed by atoms with E-state index in [4.69, 9.17) is 0 Å². The Morgan fingerprint density at radius 2 is 2.17 bits per heavy atom. The highest BCUT2D eigenvalue weighted by molar-refractivity contribution is 7.10. The van der Waals surface area contributed by atoms with Gasteiger partial charge in [-0.15, -0.1) is 11.3 Å². The van der Waals surface area contributed by atoms with E-state index >= 15 is 0 Å². The van der Waals surface area contributed by atoms with Crippen LogP contribution in [0.2, 0.25) is 0 Å². The van der Waals surface area contributed by atoms with Gasteiger partial charge in [0, 0.05) is 16.6 Å². The van der Waals surface area contributed by atoms with E-state index in [0.29, 0.717) is 0 Å². The van der Waals surface area contributed by atoms with Crippen LogP contribution in [0, 0.1) is 6.92 Å². The molecule has 0 amide bonds. The lowest BCUT2D eigenvalue weighted by Gasteiger charge is -2.15. The molecule has 0 aliphatic rings. The molecule has 3 heterocycles. The molecule has 0 radical (unpaired) electrons. The van der Waals surface area contributed by atoms with Crippen molar-refractivity contribution in [3.05, 3.63) is 58.0 Å². The van der Waals surface area contributed by atoms with Crippen LogP contribution < -0.4 is 5.32 Å². The summed E-state index contributed by atoms with van der Waals surface area (Å²) in [5, 5.41) is 9.94. The average molecular weight is 257 g/mol. The lowest BCUT2D eigenvalue weighted by molar-refractivity contribution is 0.695. The van der Waals surface area contributed by atoms with Crippen molar-refractivity contribution >= 4 is 16.9 Å². The van der Waals surface area contributed by atoms with Gasteiger partial charge in [0.1, 0.15) is 0 Å². The summed E-state index contributed by atoms with van der Waals surface area (Å²) in [7, 11) is 1.99. The molecule has 4 heteroatoms. The third-order valence-electron chi connectivity index (χ3n) is 3.27. The van der Waals surface area contributed by atoms with Crippen LogP contribution in [0.5, 0.6) is 0 Å². The first-order valence-electron chi connectivity index (χ1n) is 5.95. The standard InChI is InChI=1S/C14H15N3S/c1-10-11(6-8-18-10)14(15-2)12-9-16-17-7-4-3-5-13(12)17/h3-9,14-15H,1-2H3. The molecule has 0 spiro atoms. The second-order valence-corrected chi connectivity index (χ2v) is 5.40. The highest BCUT2D eigenvalue weighted by atomic mass is 32.1. The highest BCUT2D eigenvalue weighted by Crippen LogP contribution is 2.30. The van der Waals surface area contributed by atoms with Crippen LogP contribution in [0.1, 0.15) is 22.0 Å². The van der Waals surface area contributed by atoms with Crippen molar-refractivity contribution in [3.8, 4) is 0 Å². The fourth-order valence-corrected chi connectivity index (χ4v) is 3.09. The third-order valence-corrected chi connectivity index (χ3v) is 4.13. The zero-order valence-corrected chi connectivity index (χ0v) is 11.2. The quantitative estimate of drug-likeness (QED) is 0.781. The molecule has 1 N–H and O–H groups in total. The lowest BCUT2D eigenvalue weighted by atomic mass is 10.0. The molecule has 1 atom stereocenters. The number of nitrogens with zero attached hydrogens (tertiary/aromatic N) is 2. The van der Waals surface area contributed by atoms with Gasteiger partial charge in [-0.2, -0.15) is 5.10 Å². The topological polar surface area (TPSA) is 29.3 Å². The molecular formula is C14H15N3S. The second-order valence-electron chi connectivity index (χ2n) is 4.28. The third kappa shape index (κ3) is 1.74. The fraction of sp³-hybridized carbons (Fsp3) is 0.214. The van der Waals surface area contributed by atoms with Gasteiger partial charge in [0.25, 0.3) is 0 Å². The van der Waals surface area contributed by atoms with Crippen LogP contribution in [-0.4, -0.2) is 16.7 Å². The Kier molecular flexibility index (Phi) is 2.89. The van der Waals surface area contributed by atoms with E-state index in [2.05, 4.69) is 34.9 Å². The molecule has 1 unspecified atom stereocenters. The number of aromatic nitrogens is 2. The number of pyridine rings is 1. The molecule has 3 aromatic heterocycles. The highest BCUT2D eigenvalue weighted by Gasteiger charge is 2.18. The summed E-state index contributed by atoms with van der Waals surface area (Å²) in [6, 6.07) is 8.54. The van der Waals surface area contributed by atoms with Crippen LogP contribution in [0.25, 0.3) is 5.52 Å². The Morgan fingerprint density at radius 1 is 1.28 bits per heavy atom. The maximum Gasteiger partial charge on any atom is 0.0712 e. The molecule has 0 bridgehead atoms. The number of aryl methyl sites for hydroxylation is 1. The molecule has 3 rings (SSSR count). The first kappa shape index (κ1) is 11.4. The first-order valence-corrected chi connectivity index (χ1v) is 6.82. The van der Waals surface area contributed by atoms with Crippen LogP contribution in [-0.2, 0) is 0 Å². The van der Waals surface area contributed by atoms with Crippen molar-refractivity contribution in [2.45, 2.75) is 13.0 Å². The van der Waals surface area contributed by atoms with Gasteiger partial charge in [0.05, 0.1) is 17.8 Å². The number of fused-ring (bicyclic) bond motifs is 1. The molecule has 3 aromatic rings. The van der Waals surface area contributed by atoms with Gasteiger partial charge >= 0.3 is 0 Å². The normalized spacial score (nSPS) is 13.0. The van der Waals surface area contributed by atoms with Crippen molar-refractivity contribution in [1.29, 1.82) is 0 Å². The minimum Gasteiger partial charge on any atom is -0.309 e. The summed E-state index contributed by atoms with van der Waals surface area (Å²) in [6.07, 6.45) is 3.93. The lowest BCUT2D eigenvalue weighted by Crippen LogP contribution is -2.17. The molecule has 0 fully saturated rings. The van der Waals surface area contributed by atoms with Gasteiger partial charge in [0.15, 0.2) is 0 Å². The summed E-state index contributed by atoms with van der Waals surface area (Å²) >= 11 is 1.78. The van der Waals surface area contributed by atoms with Gasteiger partial charge in [-0.3, -0.25) is 0 Å². The van der Waals surface area contributed by atoms with Gasteiger partial charge in [0.2, 0.25) is 0 Å². The Morgan fingerprint density at radius 3 is 2.89 bits per heavy atom. The monoisotopic (exact) mass is 257 g/mol. The molecule has 3 nitrogen and oxygen atoms in total. The maximum absolute atomic E-state index is 4.41. The van der Waals surface area contributed by atoms with Crippen molar-refractivity contribution in [1.82, 2.24) is 14.9 Å². The molecule has 0 aliphatic carbocycles. The van der Waals surface area contributed by atoms with Gasteiger partial charge in [-0.25, -0.2) is 4.52 Å². The minimum absolute atomic E-state index is 0.205. The summed E-state index contributed by atoms with van der Waals surface area (Å²) in [6.45, 7) is 2.16. The van der Waals surface area contributed by atoms with Crippen molar-refractivity contribution in [3.63, 3.8) is 0 Å². The zero-order valence-electron chi connectivity index (χ0n) is 10.4. The van der Waals surface area contributed by atoms with Crippen LogP contribution in [0.15, 0.2) is 42.0 Å². The van der Waals surface area contributed by atoms with Crippen molar-refractivity contribution in [2.75, 3.05) is 7.05 Å². The van der Waals surface area contributed by atoms with E-state index in [0.717, 1.165) is 5.52 Å². The largest absolute Gasteiger partial charge is 0.309 e. The van der Waals surface area contributed by atoms with E-state index < -0.39 is 0 Å². The van der Waals surface area contributed by atoms with Gasteiger partial charge < -0.3 is 5.32 Å². The van der Waals surface area contributed by atoms with E-state index in [1.807, 2.05) is 36.1 Å². The Labute approximate surface area is 110 Å². The molecule has 0 aromatic carbocycles. The number of rotatable bonds is 3. The predicted molar refractivity (Wildman–Crippen MR) is 75.2 cm³/mol. The van der Waals surface area contributed by atoms with Crippen molar-refractivity contribution in [2.24, 2.45) is 0 Å². The molecule has 0 saturated heterocycles. The zero-order chi connectivity index (χ0) is 12.5. The molecular weight excluding hydrogens is 242 g/mol. The van der Waals surface area contributed by atoms with Crippen LogP contribution in [0.4, 0.5) is 0 Å². The van der Waals surface area contributed by atoms with E-state index in [1.165, 1.54) is 16.0 Å². The van der Waals surface area contributed by atoms with E-state index in [9.17, 15) is 0 Å².